The van der Waals surface area contributed by atoms with Crippen LogP contribution in [0.3, 0.4) is 0 Å². The van der Waals surface area contributed by atoms with E-state index in [0.717, 1.165) is 33.9 Å². The van der Waals surface area contributed by atoms with Gasteiger partial charge in [-0.2, -0.15) is 5.10 Å². The number of ether oxygens (including phenoxy) is 1. The number of rotatable bonds is 7. The number of methoxy groups -OCH3 is 1. The van der Waals surface area contributed by atoms with Gasteiger partial charge in [-0.05, 0) is 48.9 Å². The summed E-state index contributed by atoms with van der Waals surface area (Å²) in [5.74, 6) is 1.60. The van der Waals surface area contributed by atoms with E-state index in [1.165, 1.54) is 12.8 Å². The molecule has 1 aliphatic carbocycles. The zero-order valence-electron chi connectivity index (χ0n) is 20.2. The zero-order chi connectivity index (χ0) is 23.8. The summed E-state index contributed by atoms with van der Waals surface area (Å²) in [5, 5.41) is 8.13. The molecule has 1 aliphatic heterocycles. The average Bonchev–Trinajstić information content (AvgIpc) is 3.56. The van der Waals surface area contributed by atoms with Crippen molar-refractivity contribution in [3.63, 3.8) is 0 Å². The molecule has 34 heavy (non-hydrogen) atoms. The number of carbonyl (C=O) groups is 1. The summed E-state index contributed by atoms with van der Waals surface area (Å²) in [6.45, 7) is 7.18. The van der Waals surface area contributed by atoms with E-state index in [0.29, 0.717) is 19.1 Å². The molecule has 1 fully saturated rings. The van der Waals surface area contributed by atoms with E-state index in [9.17, 15) is 4.79 Å². The van der Waals surface area contributed by atoms with E-state index in [2.05, 4.69) is 45.5 Å². The summed E-state index contributed by atoms with van der Waals surface area (Å²) < 4.78 is 7.07. The van der Waals surface area contributed by atoms with Crippen LogP contribution in [0.25, 0.3) is 11.1 Å². The molecule has 0 saturated heterocycles. The zero-order valence-corrected chi connectivity index (χ0v) is 20.2. The smallest absolute Gasteiger partial charge is 0.224 e. The van der Waals surface area contributed by atoms with Crippen LogP contribution < -0.4 is 10.2 Å². The highest BCUT2D eigenvalue weighted by molar-refractivity contribution is 5.94. The van der Waals surface area contributed by atoms with E-state index >= 15 is 0 Å². The number of nitrogens with zero attached hydrogens (tertiary/aromatic N) is 5. The number of amides is 1. The van der Waals surface area contributed by atoms with Crippen LogP contribution in [0.2, 0.25) is 0 Å². The third kappa shape index (κ3) is 4.30. The van der Waals surface area contributed by atoms with Gasteiger partial charge in [-0.15, -0.1) is 0 Å². The van der Waals surface area contributed by atoms with Crippen LogP contribution in [0, 0.1) is 18.8 Å². The predicted molar refractivity (Wildman–Crippen MR) is 132 cm³/mol. The molecule has 1 aromatic carbocycles. The van der Waals surface area contributed by atoms with Gasteiger partial charge in [0.25, 0.3) is 0 Å². The van der Waals surface area contributed by atoms with E-state index in [1.807, 2.05) is 28.9 Å². The van der Waals surface area contributed by atoms with Gasteiger partial charge in [0.1, 0.15) is 5.82 Å². The molecule has 1 amide bonds. The lowest BCUT2D eigenvalue weighted by molar-refractivity contribution is -0.117. The van der Waals surface area contributed by atoms with Gasteiger partial charge in [-0.1, -0.05) is 13.0 Å². The first-order valence-electron chi connectivity index (χ1n) is 12.0. The Morgan fingerprint density at radius 1 is 1.18 bits per heavy atom. The Hall–Kier alpha value is -3.26. The summed E-state index contributed by atoms with van der Waals surface area (Å²) in [5.41, 5.74) is 5.08. The van der Waals surface area contributed by atoms with Gasteiger partial charge >= 0.3 is 0 Å². The highest BCUT2D eigenvalue weighted by Crippen LogP contribution is 2.50. The van der Waals surface area contributed by atoms with Crippen LogP contribution >= 0.6 is 0 Å². The predicted octanol–water partition coefficient (Wildman–Crippen LogP) is 4.23. The second-order valence-corrected chi connectivity index (χ2v) is 9.50. The Morgan fingerprint density at radius 3 is 2.68 bits per heavy atom. The van der Waals surface area contributed by atoms with Crippen molar-refractivity contribution >= 4 is 17.4 Å². The van der Waals surface area contributed by atoms with Gasteiger partial charge in [-0.3, -0.25) is 14.5 Å². The number of benzene rings is 1. The van der Waals surface area contributed by atoms with Crippen molar-refractivity contribution < 1.29 is 9.53 Å². The maximum absolute atomic E-state index is 12.9. The maximum Gasteiger partial charge on any atom is 0.224 e. The lowest BCUT2D eigenvalue weighted by atomic mass is 9.79. The summed E-state index contributed by atoms with van der Waals surface area (Å²) in [6, 6.07) is 6.56. The van der Waals surface area contributed by atoms with Gasteiger partial charge in [0.05, 0.1) is 43.5 Å². The van der Waals surface area contributed by atoms with Crippen molar-refractivity contribution in [3.8, 4) is 11.1 Å². The summed E-state index contributed by atoms with van der Waals surface area (Å²) in [7, 11) is 1.69. The summed E-state index contributed by atoms with van der Waals surface area (Å²) in [4.78, 5) is 23.9. The monoisotopic (exact) mass is 460 g/mol. The normalized spacial score (nSPS) is 21.9. The highest BCUT2D eigenvalue weighted by Gasteiger charge is 2.47. The third-order valence-corrected chi connectivity index (χ3v) is 7.00. The van der Waals surface area contributed by atoms with E-state index in [4.69, 9.17) is 4.74 Å². The Kier molecular flexibility index (Phi) is 6.08. The fourth-order valence-corrected chi connectivity index (χ4v) is 5.19. The Bertz CT molecular complexity index is 1170. The van der Waals surface area contributed by atoms with Gasteiger partial charge in [0.15, 0.2) is 0 Å². The topological polar surface area (TPSA) is 85.2 Å². The maximum atomic E-state index is 12.9. The average molecular weight is 461 g/mol. The molecule has 3 heterocycles. The standard InChI is InChI=1S/C26H32N6O2/c1-16-12-28-24(14-27-16)30-25-17(2)26(19-5-6-19)32(18(3)33)23-8-7-20(11-22(23)25)21-13-29-31(15-21)9-10-34-4/h7-8,11-15,17,19,25-26H,5-6,9-10H2,1-4H3,(H,28,30)/t17-,25-,26-/m0/s1. The summed E-state index contributed by atoms with van der Waals surface area (Å²) >= 11 is 0. The third-order valence-electron chi connectivity index (χ3n) is 7.00. The first kappa shape index (κ1) is 22.5. The molecular formula is C26H32N6O2. The number of carbonyl (C=O) groups excluding carboxylic acids is 1. The van der Waals surface area contributed by atoms with Crippen LogP contribution in [0.5, 0.6) is 0 Å². The molecule has 8 heteroatoms. The minimum atomic E-state index is 0.0108. The van der Waals surface area contributed by atoms with Gasteiger partial charge in [-0.25, -0.2) is 4.98 Å². The van der Waals surface area contributed by atoms with Crippen molar-refractivity contribution in [2.75, 3.05) is 23.9 Å². The first-order chi connectivity index (χ1) is 16.5. The van der Waals surface area contributed by atoms with E-state index in [1.54, 1.807) is 26.4 Å². The van der Waals surface area contributed by atoms with Gasteiger partial charge in [0, 0.05) is 43.4 Å². The molecule has 3 atom stereocenters. The van der Waals surface area contributed by atoms with Crippen LogP contribution in [0.4, 0.5) is 11.5 Å². The molecule has 0 spiro atoms. The molecule has 5 rings (SSSR count). The molecule has 3 aromatic rings. The fourth-order valence-electron chi connectivity index (χ4n) is 5.19. The molecule has 1 saturated carbocycles. The Balaban J connectivity index is 1.56. The second-order valence-electron chi connectivity index (χ2n) is 9.50. The van der Waals surface area contributed by atoms with Crippen LogP contribution in [-0.2, 0) is 16.1 Å². The van der Waals surface area contributed by atoms with E-state index in [-0.39, 0.29) is 23.9 Å². The van der Waals surface area contributed by atoms with Gasteiger partial charge < -0.3 is 15.0 Å². The molecule has 2 aliphatic rings. The number of aromatic nitrogens is 4. The molecule has 0 radical (unpaired) electrons. The first-order valence-corrected chi connectivity index (χ1v) is 12.0. The second kappa shape index (κ2) is 9.18. The van der Waals surface area contributed by atoms with Gasteiger partial charge in [0.2, 0.25) is 5.91 Å². The molecule has 8 nitrogen and oxygen atoms in total. The minimum absolute atomic E-state index is 0.0108. The number of hydrogen-bond acceptors (Lipinski definition) is 6. The van der Waals surface area contributed by atoms with Crippen molar-refractivity contribution in [1.82, 2.24) is 19.7 Å². The molecule has 2 aromatic heterocycles. The number of aryl methyl sites for hydroxylation is 1. The SMILES string of the molecule is COCCn1cc(-c2ccc3c(c2)[C@@H](Nc2cnc(C)cn2)[C@H](C)[C@@H](C2CC2)N3C(C)=O)cn1. The molecule has 178 valence electrons. The molecule has 0 bridgehead atoms. The van der Waals surface area contributed by atoms with E-state index < -0.39 is 0 Å². The summed E-state index contributed by atoms with van der Waals surface area (Å²) in [6.07, 6.45) is 9.83. The van der Waals surface area contributed by atoms with Crippen LogP contribution in [0.1, 0.15) is 44.0 Å². The van der Waals surface area contributed by atoms with Crippen molar-refractivity contribution in [3.05, 3.63) is 54.2 Å². The van der Waals surface area contributed by atoms with Crippen LogP contribution in [-0.4, -0.2) is 45.4 Å². The number of hydrogen-bond donors (Lipinski definition) is 1. The highest BCUT2D eigenvalue weighted by atomic mass is 16.5. The number of anilines is 2. The van der Waals surface area contributed by atoms with Crippen molar-refractivity contribution in [2.24, 2.45) is 11.8 Å². The van der Waals surface area contributed by atoms with Crippen molar-refractivity contribution in [2.45, 2.75) is 52.2 Å². The number of nitrogens with one attached hydrogen (secondary N) is 1. The van der Waals surface area contributed by atoms with Crippen molar-refractivity contribution in [1.29, 1.82) is 0 Å². The quantitative estimate of drug-likeness (QED) is 0.568. The molecule has 0 unspecified atom stereocenters. The largest absolute Gasteiger partial charge is 0.383 e. The fraction of sp³-hybridized carbons (Fsp3) is 0.462. The number of fused-ring (bicyclic) bond motifs is 1. The Labute approximate surface area is 200 Å². The minimum Gasteiger partial charge on any atom is -0.383 e. The molecular weight excluding hydrogens is 428 g/mol. The Morgan fingerprint density at radius 2 is 2.00 bits per heavy atom. The van der Waals surface area contributed by atoms with Crippen LogP contribution in [0.15, 0.2) is 43.0 Å². The molecule has 1 N–H and O–H groups in total. The lowest BCUT2D eigenvalue weighted by Crippen LogP contribution is -2.51. The lowest BCUT2D eigenvalue weighted by Gasteiger charge is -2.46.